The van der Waals surface area contributed by atoms with Crippen LogP contribution in [0, 0.1) is 19.8 Å². The van der Waals surface area contributed by atoms with Gasteiger partial charge in [0.1, 0.15) is 6.04 Å². The molecule has 0 radical (unpaired) electrons. The second-order valence-corrected chi connectivity index (χ2v) is 9.14. The number of pyridine rings is 1. The lowest BCUT2D eigenvalue weighted by Crippen LogP contribution is -2.39. The van der Waals surface area contributed by atoms with Crippen LogP contribution in [0.3, 0.4) is 0 Å². The first-order valence-corrected chi connectivity index (χ1v) is 11.5. The molecule has 3 aromatic rings. The van der Waals surface area contributed by atoms with Crippen LogP contribution in [0.25, 0.3) is 11.1 Å². The highest BCUT2D eigenvalue weighted by molar-refractivity contribution is 5.82. The molecule has 0 saturated heterocycles. The van der Waals surface area contributed by atoms with Crippen molar-refractivity contribution in [2.24, 2.45) is 5.92 Å². The van der Waals surface area contributed by atoms with E-state index >= 15 is 0 Å². The number of nitrogens with one attached hydrogen (secondary N) is 1. The minimum Gasteiger partial charge on any atom is -0.481 e. The van der Waals surface area contributed by atoms with Gasteiger partial charge in [0.15, 0.2) is 0 Å². The van der Waals surface area contributed by atoms with E-state index < -0.39 is 18.1 Å². The number of carboxylic acid groups (broad SMARTS) is 1. The molecule has 1 amide bonds. The van der Waals surface area contributed by atoms with Gasteiger partial charge in [-0.2, -0.15) is 0 Å². The van der Waals surface area contributed by atoms with Crippen molar-refractivity contribution in [3.63, 3.8) is 0 Å². The number of hydrogen-bond donors (Lipinski definition) is 2. The summed E-state index contributed by atoms with van der Waals surface area (Å²) in [6, 6.07) is 17.1. The zero-order chi connectivity index (χ0) is 24.8. The summed E-state index contributed by atoms with van der Waals surface area (Å²) in [5.41, 5.74) is 4.68. The van der Waals surface area contributed by atoms with Crippen molar-refractivity contribution in [2.75, 3.05) is 0 Å². The van der Waals surface area contributed by atoms with E-state index in [1.54, 1.807) is 18.3 Å². The molecule has 6 heteroatoms. The lowest BCUT2D eigenvalue weighted by molar-refractivity contribution is -0.138. The number of carbonyl (C=O) groups is 2. The van der Waals surface area contributed by atoms with E-state index in [0.717, 1.165) is 22.3 Å². The minimum atomic E-state index is -1.01. The van der Waals surface area contributed by atoms with Gasteiger partial charge in [0, 0.05) is 12.3 Å². The molecule has 2 unspecified atom stereocenters. The zero-order valence-electron chi connectivity index (χ0n) is 20.1. The van der Waals surface area contributed by atoms with Crippen molar-refractivity contribution >= 4 is 11.9 Å². The summed E-state index contributed by atoms with van der Waals surface area (Å²) in [5.74, 6) is -1.22. The lowest BCUT2D eigenvalue weighted by atomic mass is 9.92. The molecule has 0 aliphatic rings. The first-order chi connectivity index (χ1) is 16.2. The molecular weight excluding hydrogens is 428 g/mol. The van der Waals surface area contributed by atoms with Gasteiger partial charge in [0.05, 0.1) is 12.5 Å². The van der Waals surface area contributed by atoms with Crippen molar-refractivity contribution in [3.05, 3.63) is 93.9 Å². The monoisotopic (exact) mass is 460 g/mol. The Kier molecular flexibility index (Phi) is 8.05. The number of carbonyl (C=O) groups excluding carboxylic acids is 1. The summed E-state index contributed by atoms with van der Waals surface area (Å²) in [6.45, 7) is 8.01. The van der Waals surface area contributed by atoms with Gasteiger partial charge in [-0.05, 0) is 66.1 Å². The predicted molar refractivity (Wildman–Crippen MR) is 134 cm³/mol. The van der Waals surface area contributed by atoms with Gasteiger partial charge in [-0.25, -0.2) is 0 Å². The summed E-state index contributed by atoms with van der Waals surface area (Å²) in [4.78, 5) is 37.6. The molecule has 1 heterocycles. The fourth-order valence-corrected chi connectivity index (χ4v) is 4.21. The average Bonchev–Trinajstić information content (AvgIpc) is 2.78. The quantitative estimate of drug-likeness (QED) is 0.468. The highest BCUT2D eigenvalue weighted by Gasteiger charge is 2.27. The minimum absolute atomic E-state index is 0.160. The maximum atomic E-state index is 13.4. The van der Waals surface area contributed by atoms with Crippen LogP contribution in [0.5, 0.6) is 0 Å². The number of amides is 1. The van der Waals surface area contributed by atoms with Crippen LogP contribution in [-0.4, -0.2) is 21.6 Å². The molecule has 2 atom stereocenters. The third kappa shape index (κ3) is 6.01. The van der Waals surface area contributed by atoms with E-state index in [-0.39, 0.29) is 23.8 Å². The van der Waals surface area contributed by atoms with E-state index in [9.17, 15) is 19.5 Å². The Labute approximate surface area is 200 Å². The van der Waals surface area contributed by atoms with E-state index in [0.29, 0.717) is 12.0 Å². The molecule has 0 saturated carbocycles. The summed E-state index contributed by atoms with van der Waals surface area (Å²) < 4.78 is 1.42. The summed E-state index contributed by atoms with van der Waals surface area (Å²) in [7, 11) is 0. The fourth-order valence-electron chi connectivity index (χ4n) is 4.21. The Bertz CT molecular complexity index is 1230. The Morgan fingerprint density at radius 3 is 2.26 bits per heavy atom. The summed E-state index contributed by atoms with van der Waals surface area (Å²) >= 11 is 0. The lowest BCUT2D eigenvalue weighted by Gasteiger charge is -2.25. The molecule has 34 heavy (non-hydrogen) atoms. The molecule has 0 fully saturated rings. The second-order valence-electron chi connectivity index (χ2n) is 9.14. The Morgan fingerprint density at radius 2 is 1.62 bits per heavy atom. The van der Waals surface area contributed by atoms with Crippen LogP contribution in [-0.2, 0) is 9.59 Å². The van der Waals surface area contributed by atoms with Crippen LogP contribution >= 0.6 is 0 Å². The van der Waals surface area contributed by atoms with Gasteiger partial charge in [-0.15, -0.1) is 0 Å². The fraction of sp³-hybridized carbons (Fsp3) is 0.321. The summed E-state index contributed by atoms with van der Waals surface area (Å²) in [6.07, 6.45) is 1.79. The largest absolute Gasteiger partial charge is 0.481 e. The van der Waals surface area contributed by atoms with Crippen LogP contribution in [0.2, 0.25) is 0 Å². The Hall–Kier alpha value is -3.67. The highest BCUT2D eigenvalue weighted by Crippen LogP contribution is 2.30. The van der Waals surface area contributed by atoms with Gasteiger partial charge in [0.25, 0.3) is 5.56 Å². The standard InChI is InChI=1S/C28H32N2O4/c1-18(2)15-25(30-14-8-7-11-26(30)31)28(34)29-24(17-27(32)33)21-13-12-20(4)23(16-21)22-10-6-5-9-19(22)3/h5-14,16,18,24-25H,15,17H2,1-4H3,(H,29,34)(H,32,33). The normalized spacial score (nSPS) is 12.9. The van der Waals surface area contributed by atoms with Gasteiger partial charge in [0.2, 0.25) is 5.91 Å². The van der Waals surface area contributed by atoms with E-state index in [1.165, 1.54) is 10.6 Å². The van der Waals surface area contributed by atoms with Crippen molar-refractivity contribution in [3.8, 4) is 11.1 Å². The van der Waals surface area contributed by atoms with Crippen molar-refractivity contribution in [1.29, 1.82) is 0 Å². The van der Waals surface area contributed by atoms with E-state index in [1.807, 2.05) is 70.2 Å². The van der Waals surface area contributed by atoms with Gasteiger partial charge >= 0.3 is 5.97 Å². The molecule has 178 valence electrons. The van der Waals surface area contributed by atoms with Gasteiger partial charge in [-0.1, -0.05) is 56.3 Å². The number of aliphatic carboxylic acids is 1. The number of aryl methyl sites for hydroxylation is 2. The third-order valence-corrected chi connectivity index (χ3v) is 5.98. The number of benzene rings is 2. The van der Waals surface area contributed by atoms with Crippen molar-refractivity contribution < 1.29 is 14.7 Å². The highest BCUT2D eigenvalue weighted by atomic mass is 16.4. The molecule has 3 rings (SSSR count). The first kappa shape index (κ1) is 25.0. The van der Waals surface area contributed by atoms with Gasteiger partial charge in [-0.3, -0.25) is 14.4 Å². The van der Waals surface area contributed by atoms with Crippen LogP contribution in [0.4, 0.5) is 0 Å². The van der Waals surface area contributed by atoms with E-state index in [4.69, 9.17) is 0 Å². The second kappa shape index (κ2) is 11.0. The molecular formula is C28H32N2O4. The molecule has 0 aliphatic heterocycles. The zero-order valence-corrected chi connectivity index (χ0v) is 20.1. The third-order valence-electron chi connectivity index (χ3n) is 5.98. The van der Waals surface area contributed by atoms with Crippen LogP contribution < -0.4 is 10.9 Å². The Balaban J connectivity index is 1.99. The number of rotatable bonds is 9. The maximum Gasteiger partial charge on any atom is 0.305 e. The SMILES string of the molecule is Cc1ccccc1-c1cc(C(CC(=O)O)NC(=O)C(CC(C)C)n2ccccc2=O)ccc1C. The number of hydrogen-bond acceptors (Lipinski definition) is 3. The summed E-state index contributed by atoms with van der Waals surface area (Å²) in [5, 5.41) is 12.5. The maximum absolute atomic E-state index is 13.4. The van der Waals surface area contributed by atoms with Crippen LogP contribution in [0.1, 0.15) is 55.5 Å². The number of nitrogens with zero attached hydrogens (tertiary/aromatic N) is 1. The van der Waals surface area contributed by atoms with Crippen molar-refractivity contribution in [1.82, 2.24) is 9.88 Å². The number of carboxylic acids is 1. The smallest absolute Gasteiger partial charge is 0.305 e. The molecule has 6 nitrogen and oxygen atoms in total. The first-order valence-electron chi connectivity index (χ1n) is 11.5. The van der Waals surface area contributed by atoms with Gasteiger partial charge < -0.3 is 15.0 Å². The van der Waals surface area contributed by atoms with Crippen molar-refractivity contribution in [2.45, 2.75) is 52.6 Å². The average molecular weight is 461 g/mol. The topological polar surface area (TPSA) is 88.4 Å². The molecule has 2 N–H and O–H groups in total. The predicted octanol–water partition coefficient (Wildman–Crippen LogP) is 5.05. The molecule has 2 aromatic carbocycles. The molecule has 0 aliphatic carbocycles. The molecule has 0 spiro atoms. The van der Waals surface area contributed by atoms with E-state index in [2.05, 4.69) is 5.32 Å². The molecule has 1 aromatic heterocycles. The molecule has 0 bridgehead atoms. The Morgan fingerprint density at radius 1 is 0.941 bits per heavy atom. The van der Waals surface area contributed by atoms with Crippen LogP contribution in [0.15, 0.2) is 71.7 Å². The number of aromatic nitrogens is 1.